The van der Waals surface area contributed by atoms with Gasteiger partial charge >= 0.3 is 11.9 Å². The van der Waals surface area contributed by atoms with Crippen LogP contribution in [0.5, 0.6) is 0 Å². The van der Waals surface area contributed by atoms with Crippen LogP contribution < -0.4 is 0 Å². The lowest BCUT2D eigenvalue weighted by atomic mass is 9.81. The maximum Gasteiger partial charge on any atom is 0.325 e. The standard InChI is InChI=1S/C19H21FO5/c1-5-18(13(21)11-7-9-12(20)10-8-11)14-17(3,4)25-16(23)19(14,18)15(22)24-6-2/h7-10,14H,5-6H2,1-4H3. The van der Waals surface area contributed by atoms with Crippen LogP contribution >= 0.6 is 0 Å². The van der Waals surface area contributed by atoms with Crippen LogP contribution in [0.4, 0.5) is 4.39 Å². The van der Waals surface area contributed by atoms with E-state index in [2.05, 4.69) is 0 Å². The Bertz CT molecular complexity index is 754. The number of esters is 2. The third kappa shape index (κ3) is 1.96. The summed E-state index contributed by atoms with van der Waals surface area (Å²) >= 11 is 0. The average molecular weight is 348 g/mol. The van der Waals surface area contributed by atoms with Gasteiger partial charge in [0.25, 0.3) is 0 Å². The summed E-state index contributed by atoms with van der Waals surface area (Å²) in [5, 5.41) is 0. The van der Waals surface area contributed by atoms with Crippen LogP contribution in [-0.2, 0) is 19.1 Å². The number of halogens is 1. The summed E-state index contributed by atoms with van der Waals surface area (Å²) in [4.78, 5) is 38.7. The van der Waals surface area contributed by atoms with E-state index in [0.717, 1.165) is 0 Å². The molecule has 1 heterocycles. The second kappa shape index (κ2) is 5.38. The molecule has 3 atom stereocenters. The van der Waals surface area contributed by atoms with Crippen LogP contribution in [0, 0.1) is 22.6 Å². The molecular formula is C19H21FO5. The monoisotopic (exact) mass is 348 g/mol. The van der Waals surface area contributed by atoms with Crippen molar-refractivity contribution in [3.05, 3.63) is 35.6 Å². The molecule has 2 aliphatic rings. The van der Waals surface area contributed by atoms with E-state index < -0.39 is 40.1 Å². The molecule has 1 aliphatic heterocycles. The second-order valence-corrected chi connectivity index (χ2v) is 7.12. The minimum Gasteiger partial charge on any atom is -0.465 e. The van der Waals surface area contributed by atoms with Gasteiger partial charge < -0.3 is 9.47 Å². The van der Waals surface area contributed by atoms with Gasteiger partial charge in [0, 0.05) is 11.5 Å². The molecule has 1 aromatic carbocycles. The highest BCUT2D eigenvalue weighted by atomic mass is 19.1. The Kier molecular flexibility index (Phi) is 3.78. The number of hydrogen-bond acceptors (Lipinski definition) is 5. The molecule has 0 aromatic heterocycles. The molecular weight excluding hydrogens is 327 g/mol. The topological polar surface area (TPSA) is 69.7 Å². The molecule has 3 unspecified atom stereocenters. The van der Waals surface area contributed by atoms with Crippen molar-refractivity contribution in [2.24, 2.45) is 16.7 Å². The number of benzene rings is 1. The van der Waals surface area contributed by atoms with Crippen LogP contribution in [0.25, 0.3) is 0 Å². The van der Waals surface area contributed by atoms with E-state index in [0.29, 0.717) is 0 Å². The summed E-state index contributed by atoms with van der Waals surface area (Å²) in [5.41, 5.74) is -3.54. The molecule has 0 spiro atoms. The zero-order chi connectivity index (χ0) is 18.6. The van der Waals surface area contributed by atoms with E-state index in [-0.39, 0.29) is 24.4 Å². The van der Waals surface area contributed by atoms with Crippen molar-refractivity contribution < 1.29 is 28.2 Å². The molecule has 1 aromatic rings. The SMILES string of the molecule is CCOC(=O)C12C(=O)OC(C)(C)C1C2(CC)C(=O)c1ccc(F)cc1. The number of hydrogen-bond donors (Lipinski definition) is 0. The van der Waals surface area contributed by atoms with Gasteiger partial charge in [0.05, 0.1) is 12.0 Å². The molecule has 0 amide bonds. The molecule has 6 heteroatoms. The first-order valence-electron chi connectivity index (χ1n) is 8.41. The number of fused-ring (bicyclic) bond motifs is 1. The average Bonchev–Trinajstić information content (AvgIpc) is 3.15. The molecule has 0 radical (unpaired) electrons. The van der Waals surface area contributed by atoms with Crippen molar-refractivity contribution in [2.45, 2.75) is 39.7 Å². The number of carbonyl (C=O) groups excluding carboxylic acids is 3. The van der Waals surface area contributed by atoms with Gasteiger partial charge in [0.1, 0.15) is 11.4 Å². The van der Waals surface area contributed by atoms with E-state index in [4.69, 9.17) is 9.47 Å². The Morgan fingerprint density at radius 1 is 1.20 bits per heavy atom. The van der Waals surface area contributed by atoms with E-state index in [1.54, 1.807) is 27.7 Å². The zero-order valence-electron chi connectivity index (χ0n) is 14.7. The van der Waals surface area contributed by atoms with Gasteiger partial charge in [-0.05, 0) is 51.5 Å². The zero-order valence-corrected chi connectivity index (χ0v) is 14.7. The molecule has 0 bridgehead atoms. The largest absolute Gasteiger partial charge is 0.465 e. The number of ether oxygens (including phenoxy) is 2. The summed E-state index contributed by atoms with van der Waals surface area (Å²) in [5.74, 6) is -2.84. The highest BCUT2D eigenvalue weighted by Gasteiger charge is 2.95. The predicted octanol–water partition coefficient (Wildman–Crippen LogP) is 2.92. The lowest BCUT2D eigenvalue weighted by Crippen LogP contribution is -2.40. The maximum atomic E-state index is 13.3. The first-order chi connectivity index (χ1) is 11.7. The van der Waals surface area contributed by atoms with Crippen LogP contribution in [-0.4, -0.2) is 29.9 Å². The Balaban J connectivity index is 2.14. The van der Waals surface area contributed by atoms with Crippen molar-refractivity contribution in [3.63, 3.8) is 0 Å². The van der Waals surface area contributed by atoms with Gasteiger partial charge in [-0.25, -0.2) is 4.39 Å². The van der Waals surface area contributed by atoms with E-state index in [9.17, 15) is 18.8 Å². The Labute approximate surface area is 145 Å². The smallest absolute Gasteiger partial charge is 0.325 e. The van der Waals surface area contributed by atoms with Gasteiger partial charge in [-0.3, -0.25) is 14.4 Å². The van der Waals surface area contributed by atoms with Crippen LogP contribution in [0.2, 0.25) is 0 Å². The number of rotatable bonds is 5. The van der Waals surface area contributed by atoms with E-state index in [1.165, 1.54) is 24.3 Å². The molecule has 0 N–H and O–H groups in total. The second-order valence-electron chi connectivity index (χ2n) is 7.12. The summed E-state index contributed by atoms with van der Waals surface area (Å²) in [6, 6.07) is 5.13. The molecule has 5 nitrogen and oxygen atoms in total. The summed E-state index contributed by atoms with van der Waals surface area (Å²) in [6.07, 6.45) is 0.283. The van der Waals surface area contributed by atoms with Gasteiger partial charge in [0.2, 0.25) is 0 Å². The van der Waals surface area contributed by atoms with E-state index in [1.807, 2.05) is 0 Å². The number of cyclic esters (lactones) is 1. The first-order valence-corrected chi connectivity index (χ1v) is 8.41. The van der Waals surface area contributed by atoms with Crippen LogP contribution in [0.3, 0.4) is 0 Å². The van der Waals surface area contributed by atoms with Crippen molar-refractivity contribution in [2.75, 3.05) is 6.61 Å². The van der Waals surface area contributed by atoms with Crippen molar-refractivity contribution in [3.8, 4) is 0 Å². The Morgan fingerprint density at radius 2 is 1.80 bits per heavy atom. The third-order valence-electron chi connectivity index (χ3n) is 5.59. The molecule has 3 rings (SSSR count). The quantitative estimate of drug-likeness (QED) is 0.465. The fourth-order valence-corrected chi connectivity index (χ4v) is 4.77. The van der Waals surface area contributed by atoms with Gasteiger partial charge in [-0.15, -0.1) is 0 Å². The highest BCUT2D eigenvalue weighted by molar-refractivity contribution is 6.19. The number of carbonyl (C=O) groups is 3. The summed E-state index contributed by atoms with van der Waals surface area (Å²) < 4.78 is 23.7. The fraction of sp³-hybridized carbons (Fsp3) is 0.526. The van der Waals surface area contributed by atoms with Gasteiger partial charge in [-0.2, -0.15) is 0 Å². The molecule has 2 fully saturated rings. The highest BCUT2D eigenvalue weighted by Crippen LogP contribution is 2.80. The first kappa shape index (κ1) is 17.6. The minimum absolute atomic E-state index is 0.103. The van der Waals surface area contributed by atoms with Crippen molar-refractivity contribution in [1.29, 1.82) is 0 Å². The lowest BCUT2D eigenvalue weighted by Gasteiger charge is -2.28. The van der Waals surface area contributed by atoms with Gasteiger partial charge in [-0.1, -0.05) is 6.92 Å². The summed E-state index contributed by atoms with van der Waals surface area (Å²) in [6.45, 7) is 6.92. The Morgan fingerprint density at radius 3 is 2.32 bits per heavy atom. The number of Topliss-reactive ketones (excluding diaryl/α,β-unsaturated/α-hetero) is 1. The Hall–Kier alpha value is -2.24. The molecule has 134 valence electrons. The molecule has 1 saturated carbocycles. The predicted molar refractivity (Wildman–Crippen MR) is 86.2 cm³/mol. The van der Waals surface area contributed by atoms with Crippen LogP contribution in [0.15, 0.2) is 24.3 Å². The van der Waals surface area contributed by atoms with Gasteiger partial charge in [0.15, 0.2) is 11.2 Å². The molecule has 25 heavy (non-hydrogen) atoms. The number of ketones is 1. The van der Waals surface area contributed by atoms with E-state index >= 15 is 0 Å². The summed E-state index contributed by atoms with van der Waals surface area (Å²) in [7, 11) is 0. The van der Waals surface area contributed by atoms with Crippen molar-refractivity contribution >= 4 is 17.7 Å². The minimum atomic E-state index is -1.62. The normalized spacial score (nSPS) is 31.9. The molecule has 1 saturated heterocycles. The fourth-order valence-electron chi connectivity index (χ4n) is 4.77. The maximum absolute atomic E-state index is 13.3. The van der Waals surface area contributed by atoms with Crippen molar-refractivity contribution in [1.82, 2.24) is 0 Å². The third-order valence-corrected chi connectivity index (χ3v) is 5.59. The lowest BCUT2D eigenvalue weighted by molar-refractivity contribution is -0.166. The van der Waals surface area contributed by atoms with Crippen LogP contribution in [0.1, 0.15) is 44.5 Å². The molecule has 1 aliphatic carbocycles.